The van der Waals surface area contributed by atoms with E-state index in [9.17, 15) is 29.0 Å². The number of hydrogen-bond donors (Lipinski definition) is 4. The maximum Gasteiger partial charge on any atom is 0.330 e. The smallest absolute Gasteiger partial charge is 0.330 e. The summed E-state index contributed by atoms with van der Waals surface area (Å²) < 4.78 is 26.2. The van der Waals surface area contributed by atoms with Gasteiger partial charge in [-0.1, -0.05) is 12.1 Å². The van der Waals surface area contributed by atoms with Crippen molar-refractivity contribution in [3.63, 3.8) is 0 Å². The summed E-state index contributed by atoms with van der Waals surface area (Å²) in [5.41, 5.74) is -2.34. The standard InChI is InChI=1S/C21H26FN3O7/c1-13-11-25(20(30)24-18(13)28)21(10-16(27)17(12-26)32-21)6-8-31-9-7-23-19(29)14-4-2-3-5-15(14)22/h2-5,11,16-17,26-27H,6-10,12H2,1H3,(H,23,29)(H,24,28,30)/t16-,17+,21+/m0/s1. The lowest BCUT2D eigenvalue weighted by Crippen LogP contribution is -2.45. The van der Waals surface area contributed by atoms with Crippen molar-refractivity contribution in [3.05, 3.63) is 68.2 Å². The lowest BCUT2D eigenvalue weighted by Gasteiger charge is -2.31. The Hall–Kier alpha value is -2.86. The maximum absolute atomic E-state index is 13.6. The average Bonchev–Trinajstić information content (AvgIpc) is 3.09. The van der Waals surface area contributed by atoms with Gasteiger partial charge in [0.05, 0.1) is 31.5 Å². The number of halogens is 1. The molecule has 10 nitrogen and oxygen atoms in total. The van der Waals surface area contributed by atoms with Gasteiger partial charge in [0, 0.05) is 31.1 Å². The molecule has 1 amide bonds. The zero-order valence-corrected chi connectivity index (χ0v) is 17.5. The summed E-state index contributed by atoms with van der Waals surface area (Å²) in [7, 11) is 0. The summed E-state index contributed by atoms with van der Waals surface area (Å²) in [6.45, 7) is 1.42. The summed E-state index contributed by atoms with van der Waals surface area (Å²) in [5, 5.41) is 22.3. The van der Waals surface area contributed by atoms with Crippen LogP contribution in [0.15, 0.2) is 40.1 Å². The van der Waals surface area contributed by atoms with Gasteiger partial charge in [0.2, 0.25) is 0 Å². The van der Waals surface area contributed by atoms with Gasteiger partial charge in [0.15, 0.2) is 5.72 Å². The van der Waals surface area contributed by atoms with Crippen LogP contribution in [0.1, 0.15) is 28.8 Å². The fraction of sp³-hybridized carbons (Fsp3) is 0.476. The molecule has 0 saturated carbocycles. The van der Waals surface area contributed by atoms with E-state index < -0.39 is 47.5 Å². The fourth-order valence-electron chi connectivity index (χ4n) is 3.64. The quantitative estimate of drug-likeness (QED) is 0.381. The van der Waals surface area contributed by atoms with Crippen LogP contribution in [-0.2, 0) is 15.2 Å². The highest BCUT2D eigenvalue weighted by Crippen LogP contribution is 2.37. The topological polar surface area (TPSA) is 143 Å². The van der Waals surface area contributed by atoms with Gasteiger partial charge in [-0.05, 0) is 19.1 Å². The maximum atomic E-state index is 13.6. The van der Waals surface area contributed by atoms with Crippen molar-refractivity contribution in [2.45, 2.75) is 37.7 Å². The van der Waals surface area contributed by atoms with Crippen LogP contribution in [-0.4, -0.2) is 64.2 Å². The number of aliphatic hydroxyl groups excluding tert-OH is 2. The highest BCUT2D eigenvalue weighted by atomic mass is 19.1. The van der Waals surface area contributed by atoms with Crippen molar-refractivity contribution in [2.24, 2.45) is 0 Å². The Morgan fingerprint density at radius 2 is 2.12 bits per heavy atom. The second-order valence-corrected chi connectivity index (χ2v) is 7.60. The first-order valence-electron chi connectivity index (χ1n) is 10.2. The third-order valence-electron chi connectivity index (χ3n) is 5.35. The molecule has 1 aliphatic heterocycles. The zero-order chi connectivity index (χ0) is 23.3. The average molecular weight is 451 g/mol. The van der Waals surface area contributed by atoms with Crippen molar-refractivity contribution in [1.82, 2.24) is 14.9 Å². The molecule has 1 fully saturated rings. The largest absolute Gasteiger partial charge is 0.394 e. The minimum atomic E-state index is -1.32. The van der Waals surface area contributed by atoms with Gasteiger partial charge >= 0.3 is 5.69 Å². The summed E-state index contributed by atoms with van der Waals surface area (Å²) in [6, 6.07) is 5.62. The molecule has 174 valence electrons. The van der Waals surface area contributed by atoms with E-state index in [-0.39, 0.29) is 43.7 Å². The molecule has 1 aromatic carbocycles. The van der Waals surface area contributed by atoms with Crippen molar-refractivity contribution < 1.29 is 28.9 Å². The van der Waals surface area contributed by atoms with Crippen LogP contribution in [0.4, 0.5) is 4.39 Å². The van der Waals surface area contributed by atoms with Crippen LogP contribution in [0, 0.1) is 12.7 Å². The van der Waals surface area contributed by atoms with Gasteiger partial charge in [-0.2, -0.15) is 0 Å². The highest BCUT2D eigenvalue weighted by molar-refractivity contribution is 5.94. The number of nitrogens with zero attached hydrogens (tertiary/aromatic N) is 1. The number of rotatable bonds is 9. The first-order chi connectivity index (χ1) is 15.3. The van der Waals surface area contributed by atoms with Gasteiger partial charge in [-0.3, -0.25) is 19.1 Å². The Labute approximate surface area is 182 Å². The molecule has 32 heavy (non-hydrogen) atoms. The molecule has 1 saturated heterocycles. The molecule has 0 radical (unpaired) electrons. The summed E-state index contributed by atoms with van der Waals surface area (Å²) in [4.78, 5) is 38.4. The van der Waals surface area contributed by atoms with E-state index in [0.717, 1.165) is 0 Å². The predicted octanol–water partition coefficient (Wildman–Crippen LogP) is -0.384. The molecular formula is C21H26FN3O7. The summed E-state index contributed by atoms with van der Waals surface area (Å²) in [6.07, 6.45) is -0.416. The van der Waals surface area contributed by atoms with Gasteiger partial charge in [-0.25, -0.2) is 9.18 Å². The number of aromatic nitrogens is 2. The number of ether oxygens (including phenoxy) is 2. The number of aliphatic hydroxyl groups is 2. The number of aryl methyl sites for hydroxylation is 1. The highest BCUT2D eigenvalue weighted by Gasteiger charge is 2.47. The fourth-order valence-corrected chi connectivity index (χ4v) is 3.64. The lowest BCUT2D eigenvalue weighted by atomic mass is 10.0. The predicted molar refractivity (Wildman–Crippen MR) is 111 cm³/mol. The molecule has 1 aliphatic rings. The molecular weight excluding hydrogens is 425 g/mol. The van der Waals surface area contributed by atoms with E-state index in [2.05, 4.69) is 10.3 Å². The summed E-state index contributed by atoms with van der Waals surface area (Å²) in [5.74, 6) is -1.18. The monoisotopic (exact) mass is 451 g/mol. The Morgan fingerprint density at radius 3 is 2.81 bits per heavy atom. The van der Waals surface area contributed by atoms with Crippen molar-refractivity contribution >= 4 is 5.91 Å². The minimum Gasteiger partial charge on any atom is -0.394 e. The molecule has 2 aromatic rings. The van der Waals surface area contributed by atoms with Gasteiger partial charge in [0.1, 0.15) is 11.9 Å². The number of hydrogen-bond acceptors (Lipinski definition) is 7. The third-order valence-corrected chi connectivity index (χ3v) is 5.35. The molecule has 1 aromatic heterocycles. The van der Waals surface area contributed by atoms with E-state index in [0.29, 0.717) is 0 Å². The van der Waals surface area contributed by atoms with Gasteiger partial charge in [0.25, 0.3) is 11.5 Å². The second kappa shape index (κ2) is 10.2. The van der Waals surface area contributed by atoms with Crippen molar-refractivity contribution in [1.29, 1.82) is 0 Å². The van der Waals surface area contributed by atoms with Gasteiger partial charge < -0.3 is 25.0 Å². The van der Waals surface area contributed by atoms with E-state index in [4.69, 9.17) is 9.47 Å². The normalized spacial score (nSPS) is 22.8. The van der Waals surface area contributed by atoms with Crippen molar-refractivity contribution in [2.75, 3.05) is 26.4 Å². The molecule has 4 N–H and O–H groups in total. The number of amides is 1. The summed E-state index contributed by atoms with van der Waals surface area (Å²) >= 11 is 0. The Bertz CT molecular complexity index is 1070. The number of carbonyl (C=O) groups excluding carboxylic acids is 1. The molecule has 11 heteroatoms. The Balaban J connectivity index is 1.61. The number of carbonyl (C=O) groups is 1. The molecule has 3 atom stereocenters. The van der Waals surface area contributed by atoms with E-state index in [1.54, 1.807) is 6.07 Å². The first kappa shape index (κ1) is 23.8. The lowest BCUT2D eigenvalue weighted by molar-refractivity contribution is -0.132. The number of benzene rings is 1. The third kappa shape index (κ3) is 5.13. The van der Waals surface area contributed by atoms with E-state index in [1.807, 2.05) is 0 Å². The molecule has 0 unspecified atom stereocenters. The van der Waals surface area contributed by atoms with Crippen LogP contribution in [0.3, 0.4) is 0 Å². The number of nitrogens with one attached hydrogen (secondary N) is 2. The second-order valence-electron chi connectivity index (χ2n) is 7.60. The van der Waals surface area contributed by atoms with Crippen LogP contribution < -0.4 is 16.6 Å². The molecule has 3 rings (SSSR count). The zero-order valence-electron chi connectivity index (χ0n) is 17.5. The van der Waals surface area contributed by atoms with E-state index in [1.165, 1.54) is 35.9 Å². The number of aromatic amines is 1. The van der Waals surface area contributed by atoms with Crippen LogP contribution >= 0.6 is 0 Å². The molecule has 0 spiro atoms. The van der Waals surface area contributed by atoms with Crippen LogP contribution in [0.2, 0.25) is 0 Å². The SMILES string of the molecule is Cc1cn([C@@]2(CCOCCNC(=O)c3ccccc3F)C[C@H](O)[C@@H](CO)O2)c(=O)[nH]c1=O. The Kier molecular flexibility index (Phi) is 7.56. The molecule has 2 heterocycles. The van der Waals surface area contributed by atoms with Crippen molar-refractivity contribution in [3.8, 4) is 0 Å². The van der Waals surface area contributed by atoms with Crippen LogP contribution in [0.5, 0.6) is 0 Å². The minimum absolute atomic E-state index is 0.0109. The Morgan fingerprint density at radius 1 is 1.38 bits per heavy atom. The molecule has 0 bridgehead atoms. The van der Waals surface area contributed by atoms with E-state index >= 15 is 0 Å². The first-order valence-corrected chi connectivity index (χ1v) is 10.2. The van der Waals surface area contributed by atoms with Gasteiger partial charge in [-0.15, -0.1) is 0 Å². The number of H-pyrrole nitrogens is 1. The van der Waals surface area contributed by atoms with Crippen LogP contribution in [0.25, 0.3) is 0 Å². The molecule has 0 aliphatic carbocycles.